The predicted octanol–water partition coefficient (Wildman–Crippen LogP) is 7.23. The van der Waals surface area contributed by atoms with Crippen LogP contribution in [0.1, 0.15) is 13.3 Å². The van der Waals surface area contributed by atoms with Crippen molar-refractivity contribution in [2.45, 2.75) is 13.3 Å². The van der Waals surface area contributed by atoms with E-state index in [1.165, 1.54) is 6.92 Å². The molecule has 51 heavy (non-hydrogen) atoms. The van der Waals surface area contributed by atoms with E-state index in [1.807, 2.05) is 24.3 Å². The van der Waals surface area contributed by atoms with Gasteiger partial charge in [0.05, 0.1) is 40.3 Å². The van der Waals surface area contributed by atoms with Gasteiger partial charge in [0.25, 0.3) is 5.91 Å². The average Bonchev–Trinajstić information content (AvgIpc) is 3.10. The minimum atomic E-state index is -0.666. The monoisotopic (exact) mass is 739 g/mol. The van der Waals surface area contributed by atoms with Crippen LogP contribution in [0.15, 0.2) is 131 Å². The van der Waals surface area contributed by atoms with Gasteiger partial charge in [-0.15, -0.1) is 10.2 Å². The highest BCUT2D eigenvalue weighted by atomic mass is 35.5. The van der Waals surface area contributed by atoms with E-state index in [4.69, 9.17) is 54.4 Å². The zero-order chi connectivity index (χ0) is 37.6. The molecule has 5 rings (SSSR count). The summed E-state index contributed by atoms with van der Waals surface area (Å²) in [6.07, 6.45) is 0.417. The number of carbonyl (C=O) groups is 2. The maximum atomic E-state index is 12.5. The van der Waals surface area contributed by atoms with Gasteiger partial charge in [-0.25, -0.2) is 0 Å². The standard InChI is InChI=1S/C18H18ClN3O4.C8H11NO2.C6H6ClN.C4H4O2/c1-12(24)17(22-21-14-7-3-2-6-13(14)19)18(25)20-15-8-4-5-9-16(15)26-11-10-23;9-7-3-1-2-4-8(7)11-6-5-10;7-5-3-1-2-4-6(5)8;1-3-2-4(5)6-3/h2-9,23-24H,10-11H2,1H3,(H,20,25);1-4,10H,5-6,9H2;1-4H,8H2;1-2H2. The van der Waals surface area contributed by atoms with E-state index in [0.717, 1.165) is 0 Å². The summed E-state index contributed by atoms with van der Waals surface area (Å²) in [5, 5.41) is 38.4. The van der Waals surface area contributed by atoms with Crippen molar-refractivity contribution in [1.82, 2.24) is 0 Å². The number of halogens is 2. The number of para-hydroxylation sites is 5. The maximum Gasteiger partial charge on any atom is 0.318 e. The van der Waals surface area contributed by atoms with E-state index in [0.29, 0.717) is 56.5 Å². The van der Waals surface area contributed by atoms with Crippen molar-refractivity contribution >= 4 is 57.8 Å². The average molecular weight is 741 g/mol. The first-order valence-corrected chi connectivity index (χ1v) is 15.9. The van der Waals surface area contributed by atoms with Gasteiger partial charge in [0, 0.05) is 0 Å². The molecule has 0 aromatic heterocycles. The second-order valence-corrected chi connectivity index (χ2v) is 10.7. The number of ether oxygens (including phenoxy) is 3. The van der Waals surface area contributed by atoms with Crippen LogP contribution in [-0.4, -0.2) is 53.6 Å². The molecule has 1 aliphatic rings. The van der Waals surface area contributed by atoms with Crippen LogP contribution >= 0.6 is 23.2 Å². The number of amides is 1. The number of esters is 1. The first kappa shape index (κ1) is 41.6. The number of aliphatic hydroxyl groups excluding tert-OH is 3. The molecule has 15 heteroatoms. The number of aliphatic hydroxyl groups is 3. The Labute approximate surface area is 305 Å². The van der Waals surface area contributed by atoms with Gasteiger partial charge >= 0.3 is 5.97 Å². The summed E-state index contributed by atoms with van der Waals surface area (Å²) in [6.45, 7) is 4.92. The molecule has 8 N–H and O–H groups in total. The molecule has 1 saturated heterocycles. The Kier molecular flexibility index (Phi) is 18.7. The van der Waals surface area contributed by atoms with Crippen molar-refractivity contribution in [2.24, 2.45) is 10.2 Å². The molecule has 1 heterocycles. The van der Waals surface area contributed by atoms with Crippen LogP contribution in [0.2, 0.25) is 10.0 Å². The normalized spacial score (nSPS) is 11.9. The highest BCUT2D eigenvalue weighted by molar-refractivity contribution is 6.33. The molecule has 4 aromatic rings. The number of benzene rings is 4. The number of rotatable bonds is 10. The highest BCUT2D eigenvalue weighted by Gasteiger charge is 2.18. The number of carbonyl (C=O) groups excluding carboxylic acids is 2. The van der Waals surface area contributed by atoms with Crippen LogP contribution in [0.4, 0.5) is 22.7 Å². The molecule has 13 nitrogen and oxygen atoms in total. The van der Waals surface area contributed by atoms with Crippen molar-refractivity contribution in [2.75, 3.05) is 43.2 Å². The van der Waals surface area contributed by atoms with Gasteiger partial charge < -0.3 is 46.3 Å². The molecule has 1 fully saturated rings. The number of nitrogens with one attached hydrogen (secondary N) is 1. The van der Waals surface area contributed by atoms with Gasteiger partial charge in [-0.1, -0.05) is 78.3 Å². The molecule has 0 bridgehead atoms. The molecule has 0 radical (unpaired) electrons. The Morgan fingerprint density at radius 3 is 1.82 bits per heavy atom. The minimum Gasteiger partial charge on any atom is -0.510 e. The van der Waals surface area contributed by atoms with E-state index >= 15 is 0 Å². The molecule has 0 atom stereocenters. The number of anilines is 3. The number of cyclic esters (lactones) is 1. The van der Waals surface area contributed by atoms with Crippen LogP contribution in [0.3, 0.4) is 0 Å². The second-order valence-electron chi connectivity index (χ2n) is 9.93. The molecule has 1 amide bonds. The number of hydrogen-bond donors (Lipinski definition) is 6. The van der Waals surface area contributed by atoms with Crippen LogP contribution in [0.25, 0.3) is 0 Å². The number of azo groups is 1. The topological polar surface area (TPSA) is 211 Å². The lowest BCUT2D eigenvalue weighted by Crippen LogP contribution is -2.16. The maximum absolute atomic E-state index is 12.5. The molecule has 270 valence electrons. The Balaban J connectivity index is 0.000000290. The number of nitrogens with zero attached hydrogens (tertiary/aromatic N) is 2. The Hall–Kier alpha value is -5.60. The molecule has 0 unspecified atom stereocenters. The fourth-order valence-corrected chi connectivity index (χ4v) is 3.82. The summed E-state index contributed by atoms with van der Waals surface area (Å²) in [6, 6.07) is 27.9. The lowest BCUT2D eigenvalue weighted by Gasteiger charge is -2.12. The van der Waals surface area contributed by atoms with Crippen LogP contribution in [0, 0.1) is 0 Å². The zero-order valence-electron chi connectivity index (χ0n) is 27.7. The van der Waals surface area contributed by atoms with Crippen molar-refractivity contribution < 1.29 is 39.1 Å². The number of hydrogen-bond acceptors (Lipinski definition) is 12. The number of allylic oxidation sites excluding steroid dienone is 1. The van der Waals surface area contributed by atoms with Crippen molar-refractivity contribution in [1.29, 1.82) is 0 Å². The molecule has 0 aliphatic carbocycles. The van der Waals surface area contributed by atoms with Crippen molar-refractivity contribution in [3.05, 3.63) is 131 Å². The van der Waals surface area contributed by atoms with Gasteiger partial charge in [0.1, 0.15) is 48.3 Å². The van der Waals surface area contributed by atoms with E-state index in [9.17, 15) is 14.7 Å². The van der Waals surface area contributed by atoms with Gasteiger partial charge in [0.2, 0.25) is 0 Å². The highest BCUT2D eigenvalue weighted by Crippen LogP contribution is 2.27. The Morgan fingerprint density at radius 1 is 0.843 bits per heavy atom. The minimum absolute atomic E-state index is 0.00827. The van der Waals surface area contributed by atoms with E-state index in [1.54, 1.807) is 72.8 Å². The molecular formula is C36H39Cl2N5O8. The summed E-state index contributed by atoms with van der Waals surface area (Å²) in [5.74, 6) is 0.461. The summed E-state index contributed by atoms with van der Waals surface area (Å²) >= 11 is 11.6. The predicted molar refractivity (Wildman–Crippen MR) is 198 cm³/mol. The van der Waals surface area contributed by atoms with Crippen molar-refractivity contribution in [3.8, 4) is 11.5 Å². The third kappa shape index (κ3) is 15.7. The van der Waals surface area contributed by atoms with Gasteiger partial charge in [-0.3, -0.25) is 9.59 Å². The number of nitrogens with two attached hydrogens (primary N) is 2. The van der Waals surface area contributed by atoms with Crippen LogP contribution in [-0.2, 0) is 14.3 Å². The lowest BCUT2D eigenvalue weighted by molar-refractivity contribution is -0.148. The first-order valence-electron chi connectivity index (χ1n) is 15.1. The molecule has 0 saturated carbocycles. The second kappa shape index (κ2) is 22.9. The van der Waals surface area contributed by atoms with Gasteiger partial charge in [-0.2, -0.15) is 0 Å². The van der Waals surface area contributed by atoms with Gasteiger partial charge in [0.15, 0.2) is 5.70 Å². The quantitative estimate of drug-likeness (QED) is 0.0316. The molecule has 0 spiro atoms. The van der Waals surface area contributed by atoms with E-state index in [2.05, 4.69) is 26.9 Å². The van der Waals surface area contributed by atoms with E-state index < -0.39 is 5.91 Å². The van der Waals surface area contributed by atoms with Crippen LogP contribution in [0.5, 0.6) is 11.5 Å². The summed E-state index contributed by atoms with van der Waals surface area (Å²) in [5.41, 5.74) is 12.7. The third-order valence-corrected chi connectivity index (χ3v) is 6.59. The summed E-state index contributed by atoms with van der Waals surface area (Å²) < 4.78 is 14.8. The fraction of sp³-hybridized carbons (Fsp3) is 0.167. The Morgan fingerprint density at radius 2 is 1.35 bits per heavy atom. The van der Waals surface area contributed by atoms with Gasteiger partial charge in [-0.05, 0) is 55.5 Å². The first-order chi connectivity index (χ1) is 24.5. The number of nitrogen functional groups attached to an aromatic ring is 2. The largest absolute Gasteiger partial charge is 0.510 e. The molecule has 4 aromatic carbocycles. The Bertz CT molecular complexity index is 1760. The molecule has 1 aliphatic heterocycles. The summed E-state index contributed by atoms with van der Waals surface area (Å²) in [4.78, 5) is 22.3. The third-order valence-electron chi connectivity index (χ3n) is 5.92. The smallest absolute Gasteiger partial charge is 0.318 e. The van der Waals surface area contributed by atoms with Crippen LogP contribution < -0.4 is 26.3 Å². The SMILES string of the molecule is C=C1CC(=O)O1.CC(O)=C(N=Nc1ccccc1Cl)C(=O)Nc1ccccc1OCCO.Nc1ccccc1Cl.Nc1ccccc1OCCO. The summed E-state index contributed by atoms with van der Waals surface area (Å²) in [7, 11) is 0. The fourth-order valence-electron chi connectivity index (χ4n) is 3.51. The van der Waals surface area contributed by atoms with E-state index in [-0.39, 0.29) is 43.9 Å². The van der Waals surface area contributed by atoms with Crippen molar-refractivity contribution in [3.63, 3.8) is 0 Å². The lowest BCUT2D eigenvalue weighted by atomic mass is 10.2. The zero-order valence-corrected chi connectivity index (χ0v) is 29.2. The molecular weight excluding hydrogens is 701 g/mol.